The number of carbonyl (C=O) groups excluding carboxylic acids is 4. The Morgan fingerprint density at radius 2 is 0.747 bits per heavy atom. The fourth-order valence-corrected chi connectivity index (χ4v) is 7.96. The van der Waals surface area contributed by atoms with Crippen LogP contribution in [0.2, 0.25) is 0 Å². The molecule has 0 aliphatic heterocycles. The summed E-state index contributed by atoms with van der Waals surface area (Å²) in [5, 5.41) is 19.7. The highest BCUT2D eigenvalue weighted by molar-refractivity contribution is 5.96. The van der Waals surface area contributed by atoms with E-state index >= 15 is 0 Å². The van der Waals surface area contributed by atoms with Gasteiger partial charge in [-0.05, 0) is 86.6 Å². The van der Waals surface area contributed by atoms with Gasteiger partial charge in [0.25, 0.3) is 0 Å². The van der Waals surface area contributed by atoms with Crippen molar-refractivity contribution in [3.8, 4) is 23.0 Å². The third kappa shape index (κ3) is 18.7. The predicted molar refractivity (Wildman–Crippen MR) is 277 cm³/mol. The average molecular weight is 1030 g/mol. The molecule has 0 unspecified atom stereocenters. The summed E-state index contributed by atoms with van der Waals surface area (Å²) in [4.78, 5) is 66.1. The van der Waals surface area contributed by atoms with Crippen molar-refractivity contribution in [3.63, 3.8) is 0 Å². The van der Waals surface area contributed by atoms with E-state index in [2.05, 4.69) is 0 Å². The van der Waals surface area contributed by atoms with Gasteiger partial charge in [-0.15, -0.1) is 0 Å². The number of rotatable bonds is 28. The largest absolute Gasteiger partial charge is 0.489 e. The first kappa shape index (κ1) is 56.1. The van der Waals surface area contributed by atoms with E-state index in [1.165, 1.54) is 13.8 Å². The number of esters is 4. The summed E-state index contributed by atoms with van der Waals surface area (Å²) in [6, 6.07) is 44.2. The lowest BCUT2D eigenvalue weighted by molar-refractivity contribution is -0.153. The maximum atomic E-state index is 14.3. The summed E-state index contributed by atoms with van der Waals surface area (Å²) < 4.78 is 47.8. The highest BCUT2D eigenvalue weighted by Gasteiger charge is 2.29. The Balaban J connectivity index is 1.21. The van der Waals surface area contributed by atoms with Crippen molar-refractivity contribution in [2.75, 3.05) is 0 Å². The molecule has 0 radical (unpaired) electrons. The zero-order chi connectivity index (χ0) is 53.7. The summed E-state index contributed by atoms with van der Waals surface area (Å²) in [6.45, 7) is 8.34. The van der Waals surface area contributed by atoms with Crippen LogP contribution in [0.15, 0.2) is 146 Å². The van der Waals surface area contributed by atoms with Crippen LogP contribution in [-0.2, 0) is 72.6 Å². The van der Waals surface area contributed by atoms with E-state index in [0.717, 1.165) is 22.3 Å². The van der Waals surface area contributed by atoms with E-state index in [9.17, 15) is 29.1 Å². The number of aliphatic hydroxyl groups is 1. The second-order valence-corrected chi connectivity index (χ2v) is 18.3. The Labute approximate surface area is 437 Å². The number of carbonyl (C=O) groups is 5. The van der Waals surface area contributed by atoms with Gasteiger partial charge in [0.2, 0.25) is 0 Å². The van der Waals surface area contributed by atoms with Gasteiger partial charge in [0.1, 0.15) is 85.0 Å². The molecule has 0 saturated heterocycles. The Morgan fingerprint density at radius 3 is 1.11 bits per heavy atom. The Morgan fingerprint density at radius 1 is 0.413 bits per heavy atom. The first-order valence-corrected chi connectivity index (χ1v) is 24.8. The molecule has 6 aromatic rings. The van der Waals surface area contributed by atoms with Gasteiger partial charge in [0.15, 0.2) is 0 Å². The Hall–Kier alpha value is -8.17. The van der Waals surface area contributed by atoms with E-state index in [1.807, 2.05) is 121 Å². The minimum Gasteiger partial charge on any atom is -0.489 e. The van der Waals surface area contributed by atoms with Gasteiger partial charge < -0.3 is 48.1 Å². The quantitative estimate of drug-likeness (QED) is 0.0347. The number of carboxylic acid groups (broad SMARTS) is 1. The summed E-state index contributed by atoms with van der Waals surface area (Å²) in [7, 11) is 0. The molecule has 0 saturated carbocycles. The van der Waals surface area contributed by atoms with Gasteiger partial charge in [-0.1, -0.05) is 121 Å². The van der Waals surface area contributed by atoms with E-state index in [1.54, 1.807) is 45.0 Å². The molecule has 75 heavy (non-hydrogen) atoms. The summed E-state index contributed by atoms with van der Waals surface area (Å²) in [5.41, 5.74) is 4.28. The van der Waals surface area contributed by atoms with Gasteiger partial charge >= 0.3 is 29.8 Å². The molecule has 6 aromatic carbocycles. The average Bonchev–Trinajstić information content (AvgIpc) is 3.36. The van der Waals surface area contributed by atoms with Crippen LogP contribution in [0.3, 0.4) is 0 Å². The molecule has 0 aliphatic carbocycles. The number of benzene rings is 6. The van der Waals surface area contributed by atoms with E-state index in [0.29, 0.717) is 22.6 Å². The van der Waals surface area contributed by atoms with E-state index in [4.69, 9.17) is 43.0 Å². The fourth-order valence-electron chi connectivity index (χ4n) is 7.96. The SMILES string of the molecule is C[C@H](CC(=O)O)OC(=O)C[C@@H](C)OC(=O)c1c(C[C@@H](C)OC(=O)C[C@@H](C)OC(=O)c2c(C[C@@H](C)O)cc(OCc3ccccc3)cc2OCc2ccccc2)cc(OCc2ccccc2)cc1OCc1ccccc1. The van der Waals surface area contributed by atoms with Crippen molar-refractivity contribution >= 4 is 29.8 Å². The van der Waals surface area contributed by atoms with Crippen LogP contribution in [0.4, 0.5) is 0 Å². The van der Waals surface area contributed by atoms with Gasteiger partial charge in [0, 0.05) is 18.6 Å². The lowest BCUT2D eigenvalue weighted by atomic mass is 10.00. The molecule has 5 atom stereocenters. The molecule has 0 amide bonds. The van der Waals surface area contributed by atoms with Crippen molar-refractivity contribution in [3.05, 3.63) is 190 Å². The summed E-state index contributed by atoms with van der Waals surface area (Å²) >= 11 is 0. The number of aliphatic hydroxyl groups excluding tert-OH is 1. The molecule has 0 heterocycles. The van der Waals surface area contributed by atoms with Crippen LogP contribution in [0.25, 0.3) is 0 Å². The van der Waals surface area contributed by atoms with Gasteiger partial charge in [-0.25, -0.2) is 9.59 Å². The van der Waals surface area contributed by atoms with Crippen LogP contribution in [0, 0.1) is 0 Å². The second kappa shape index (κ2) is 28.3. The van der Waals surface area contributed by atoms with Crippen molar-refractivity contribution in [1.82, 2.24) is 0 Å². The summed E-state index contributed by atoms with van der Waals surface area (Å²) in [6.07, 6.45) is -5.71. The van der Waals surface area contributed by atoms with E-state index < -0.39 is 66.8 Å². The second-order valence-electron chi connectivity index (χ2n) is 18.3. The number of hydrogen-bond donors (Lipinski definition) is 2. The monoisotopic (exact) mass is 1020 g/mol. The number of hydrogen-bond acceptors (Lipinski definition) is 14. The van der Waals surface area contributed by atoms with Crippen molar-refractivity contribution < 1.29 is 72.1 Å². The molecule has 15 heteroatoms. The number of carboxylic acids is 1. The molecule has 0 fully saturated rings. The lowest BCUT2D eigenvalue weighted by Crippen LogP contribution is -2.26. The lowest BCUT2D eigenvalue weighted by Gasteiger charge is -2.22. The first-order valence-electron chi connectivity index (χ1n) is 24.8. The van der Waals surface area contributed by atoms with E-state index in [-0.39, 0.29) is 74.7 Å². The van der Waals surface area contributed by atoms with Gasteiger partial charge in [-0.2, -0.15) is 0 Å². The summed E-state index contributed by atoms with van der Waals surface area (Å²) in [5.74, 6) is -3.20. The third-order valence-corrected chi connectivity index (χ3v) is 11.4. The van der Waals surface area contributed by atoms with Crippen molar-refractivity contribution in [2.24, 2.45) is 0 Å². The molecule has 2 N–H and O–H groups in total. The molecular weight excluding hydrogens is 961 g/mol. The van der Waals surface area contributed by atoms with Gasteiger partial charge in [0.05, 0.1) is 25.4 Å². The predicted octanol–water partition coefficient (Wildman–Crippen LogP) is 10.4. The highest BCUT2D eigenvalue weighted by Crippen LogP contribution is 2.35. The van der Waals surface area contributed by atoms with Crippen LogP contribution >= 0.6 is 0 Å². The molecule has 0 aliphatic rings. The van der Waals surface area contributed by atoms with Crippen LogP contribution in [0.5, 0.6) is 23.0 Å². The maximum absolute atomic E-state index is 14.3. The fraction of sp³-hybridized carbons (Fsp3) is 0.317. The maximum Gasteiger partial charge on any atom is 0.342 e. The molecule has 6 rings (SSSR count). The molecule has 394 valence electrons. The van der Waals surface area contributed by atoms with Crippen LogP contribution < -0.4 is 18.9 Å². The minimum absolute atomic E-state index is 0.00238. The zero-order valence-corrected chi connectivity index (χ0v) is 42.8. The Kier molecular flexibility index (Phi) is 21.2. The van der Waals surface area contributed by atoms with Crippen molar-refractivity contribution in [2.45, 2.75) is 124 Å². The third-order valence-electron chi connectivity index (χ3n) is 11.4. The number of aliphatic carboxylic acids is 1. The molecule has 0 aromatic heterocycles. The normalized spacial score (nSPS) is 12.9. The highest BCUT2D eigenvalue weighted by atomic mass is 16.6. The van der Waals surface area contributed by atoms with Gasteiger partial charge in [-0.3, -0.25) is 14.4 Å². The molecule has 0 spiro atoms. The number of ether oxygens (including phenoxy) is 8. The Bertz CT molecular complexity index is 2800. The van der Waals surface area contributed by atoms with Crippen LogP contribution in [-0.4, -0.2) is 70.6 Å². The molecular formula is C60H64O15. The minimum atomic E-state index is -1.13. The molecule has 0 bridgehead atoms. The molecule has 15 nitrogen and oxygen atoms in total. The zero-order valence-electron chi connectivity index (χ0n) is 42.8. The van der Waals surface area contributed by atoms with Crippen LogP contribution in [0.1, 0.15) is 108 Å². The topological polar surface area (TPSA) is 200 Å². The standard InChI is InChI=1S/C60H64O15/c1-39(61)26-48-31-50(68-35-44-18-10-6-11-19-44)33-52(70-37-46-22-14-8-15-23-46)57(48)59(66)74-42(4)29-55(64)72-40(2)27-49-32-51(69-36-45-20-12-7-13-21-45)34-53(71-38-47-24-16-9-17-25-47)58(49)60(67)75-43(5)30-56(65)73-41(3)28-54(62)63/h6-25,31-34,39-43,61H,26-30,35-38H2,1-5H3,(H,62,63)/t39-,40-,41-,42-,43-/m1/s1. The van der Waals surface area contributed by atoms with Crippen molar-refractivity contribution in [1.29, 1.82) is 0 Å². The first-order chi connectivity index (χ1) is 36.1. The smallest absolute Gasteiger partial charge is 0.342 e.